The van der Waals surface area contributed by atoms with Crippen LogP contribution in [0, 0.1) is 31.4 Å². The lowest BCUT2D eigenvalue weighted by Gasteiger charge is -2.30. The van der Waals surface area contributed by atoms with Crippen molar-refractivity contribution in [2.45, 2.75) is 33.2 Å². The van der Waals surface area contributed by atoms with Crippen LogP contribution in [0.25, 0.3) is 5.69 Å². The number of rotatable bonds is 6. The molecule has 178 valence electrons. The first-order valence-electron chi connectivity index (χ1n) is 11.2. The summed E-state index contributed by atoms with van der Waals surface area (Å²) in [5.41, 5.74) is 8.38. The molecule has 9 heteroatoms. The van der Waals surface area contributed by atoms with E-state index in [1.807, 2.05) is 18.2 Å². The third-order valence-corrected chi connectivity index (χ3v) is 6.24. The highest BCUT2D eigenvalue weighted by atomic mass is 19.1. The second kappa shape index (κ2) is 9.72. The molecular weight excluding hydrogens is 440 g/mol. The van der Waals surface area contributed by atoms with Crippen molar-refractivity contribution >= 4 is 17.5 Å². The molecule has 1 saturated heterocycles. The van der Waals surface area contributed by atoms with Gasteiger partial charge < -0.3 is 11.1 Å². The van der Waals surface area contributed by atoms with E-state index in [-0.39, 0.29) is 23.4 Å². The fraction of sp³-hybridized carbons (Fsp3) is 0.320. The van der Waals surface area contributed by atoms with Crippen LogP contribution in [-0.2, 0) is 11.3 Å². The van der Waals surface area contributed by atoms with E-state index < -0.39 is 11.6 Å². The molecule has 1 aliphatic rings. The highest BCUT2D eigenvalue weighted by molar-refractivity contribution is 6.06. The zero-order chi connectivity index (χ0) is 24.4. The number of carbonyl (C=O) groups is 2. The molecule has 3 aromatic rings. The Labute approximate surface area is 196 Å². The van der Waals surface area contributed by atoms with Crippen LogP contribution in [0.15, 0.2) is 42.5 Å². The number of hydrogen-bond donors (Lipinski definition) is 2. The Balaban J connectivity index is 1.47. The van der Waals surface area contributed by atoms with E-state index in [9.17, 15) is 18.4 Å². The molecular formula is C25H27F2N5O2. The fourth-order valence-electron chi connectivity index (χ4n) is 4.43. The zero-order valence-electron chi connectivity index (χ0n) is 19.1. The van der Waals surface area contributed by atoms with Crippen molar-refractivity contribution in [1.82, 2.24) is 14.7 Å². The molecule has 0 bridgehead atoms. The standard InChI is InChI=1S/C25H27F2N5O2/c1-15-23(16(2)32(30-15)22-7-6-19(26)13-21(22)27)25(34)29-20-5-3-4-17(12-20)14-31-10-8-18(9-11-31)24(28)33/h3-7,12-13,18H,8-11,14H2,1-2H3,(H2,28,33)(H,29,34). The molecule has 2 aromatic carbocycles. The molecule has 0 spiro atoms. The average molecular weight is 468 g/mol. The third-order valence-electron chi connectivity index (χ3n) is 6.24. The van der Waals surface area contributed by atoms with Crippen molar-refractivity contribution in [3.8, 4) is 5.69 Å². The molecule has 0 aliphatic carbocycles. The van der Waals surface area contributed by atoms with Crippen LogP contribution in [0.3, 0.4) is 0 Å². The SMILES string of the molecule is Cc1nn(-c2ccc(F)cc2F)c(C)c1C(=O)Nc1cccc(CN2CCC(C(N)=O)CC2)c1. The molecule has 0 saturated carbocycles. The third kappa shape index (κ3) is 4.99. The predicted molar refractivity (Wildman–Crippen MR) is 125 cm³/mol. The Morgan fingerprint density at radius 1 is 1.12 bits per heavy atom. The molecule has 3 N–H and O–H groups in total. The maximum absolute atomic E-state index is 14.3. The monoisotopic (exact) mass is 467 g/mol. The summed E-state index contributed by atoms with van der Waals surface area (Å²) in [6, 6.07) is 10.8. The maximum atomic E-state index is 14.3. The van der Waals surface area contributed by atoms with E-state index in [2.05, 4.69) is 15.3 Å². The molecule has 34 heavy (non-hydrogen) atoms. The van der Waals surface area contributed by atoms with Gasteiger partial charge in [0.1, 0.15) is 11.5 Å². The summed E-state index contributed by atoms with van der Waals surface area (Å²) >= 11 is 0. The lowest BCUT2D eigenvalue weighted by atomic mass is 9.96. The minimum Gasteiger partial charge on any atom is -0.369 e. The lowest BCUT2D eigenvalue weighted by molar-refractivity contribution is -0.123. The molecule has 7 nitrogen and oxygen atoms in total. The van der Waals surface area contributed by atoms with Crippen molar-refractivity contribution < 1.29 is 18.4 Å². The number of benzene rings is 2. The smallest absolute Gasteiger partial charge is 0.259 e. The lowest BCUT2D eigenvalue weighted by Crippen LogP contribution is -2.38. The largest absolute Gasteiger partial charge is 0.369 e. The molecule has 0 radical (unpaired) electrons. The summed E-state index contributed by atoms with van der Waals surface area (Å²) in [4.78, 5) is 26.7. The quantitative estimate of drug-likeness (QED) is 0.578. The van der Waals surface area contributed by atoms with Gasteiger partial charge in [-0.15, -0.1) is 0 Å². The van der Waals surface area contributed by atoms with Crippen LogP contribution >= 0.6 is 0 Å². The van der Waals surface area contributed by atoms with Crippen LogP contribution in [0.5, 0.6) is 0 Å². The first kappa shape index (κ1) is 23.6. The van der Waals surface area contributed by atoms with Crippen LogP contribution in [0.2, 0.25) is 0 Å². The van der Waals surface area contributed by atoms with Crippen LogP contribution < -0.4 is 11.1 Å². The van der Waals surface area contributed by atoms with E-state index >= 15 is 0 Å². The molecule has 2 amide bonds. The molecule has 0 unspecified atom stereocenters. The van der Waals surface area contributed by atoms with E-state index in [1.165, 1.54) is 10.7 Å². The molecule has 2 heterocycles. The highest BCUT2D eigenvalue weighted by Crippen LogP contribution is 2.23. The minimum atomic E-state index is -0.759. The number of carbonyl (C=O) groups excluding carboxylic acids is 2. The normalized spacial score (nSPS) is 14.8. The van der Waals surface area contributed by atoms with Crippen LogP contribution in [0.1, 0.15) is 40.2 Å². The number of hydrogen-bond acceptors (Lipinski definition) is 4. The fourth-order valence-corrected chi connectivity index (χ4v) is 4.43. The van der Waals surface area contributed by atoms with Crippen molar-refractivity contribution in [2.24, 2.45) is 11.7 Å². The van der Waals surface area contributed by atoms with Crippen molar-refractivity contribution in [3.63, 3.8) is 0 Å². The van der Waals surface area contributed by atoms with Crippen LogP contribution in [0.4, 0.5) is 14.5 Å². The Bertz CT molecular complexity index is 1230. The summed E-state index contributed by atoms with van der Waals surface area (Å²) in [5.74, 6) is -2.09. The van der Waals surface area contributed by atoms with Gasteiger partial charge in [0.25, 0.3) is 5.91 Å². The van der Waals surface area contributed by atoms with Gasteiger partial charge in [-0.05, 0) is 69.6 Å². The number of aryl methyl sites for hydroxylation is 1. The highest BCUT2D eigenvalue weighted by Gasteiger charge is 2.24. The average Bonchev–Trinajstić information content (AvgIpc) is 3.08. The number of piperidine rings is 1. The summed E-state index contributed by atoms with van der Waals surface area (Å²) in [7, 11) is 0. The molecule has 0 atom stereocenters. The molecule has 1 aromatic heterocycles. The minimum absolute atomic E-state index is 0.0577. The van der Waals surface area contributed by atoms with Gasteiger partial charge in [0.15, 0.2) is 5.82 Å². The van der Waals surface area contributed by atoms with E-state index in [0.717, 1.165) is 43.6 Å². The Morgan fingerprint density at radius 3 is 2.53 bits per heavy atom. The van der Waals surface area contributed by atoms with Gasteiger partial charge in [0.2, 0.25) is 5.91 Å². The number of halogens is 2. The number of aromatic nitrogens is 2. The topological polar surface area (TPSA) is 93.2 Å². The number of nitrogens with zero attached hydrogens (tertiary/aromatic N) is 3. The molecule has 4 rings (SSSR count). The number of likely N-dealkylation sites (tertiary alicyclic amines) is 1. The van der Waals surface area contributed by atoms with Crippen molar-refractivity contribution in [1.29, 1.82) is 0 Å². The number of amides is 2. The van der Waals surface area contributed by atoms with Crippen molar-refractivity contribution in [2.75, 3.05) is 18.4 Å². The molecule has 1 fully saturated rings. The Morgan fingerprint density at radius 2 is 1.85 bits per heavy atom. The Kier molecular flexibility index (Phi) is 6.74. The summed E-state index contributed by atoms with van der Waals surface area (Å²) in [5, 5.41) is 7.20. The van der Waals surface area contributed by atoms with Gasteiger partial charge in [0.05, 0.1) is 17.0 Å². The Hall–Kier alpha value is -3.59. The molecule has 1 aliphatic heterocycles. The van der Waals surface area contributed by atoms with E-state index in [0.29, 0.717) is 29.2 Å². The first-order valence-corrected chi connectivity index (χ1v) is 11.2. The van der Waals surface area contributed by atoms with Gasteiger partial charge in [-0.1, -0.05) is 12.1 Å². The summed E-state index contributed by atoms with van der Waals surface area (Å²) < 4.78 is 28.9. The van der Waals surface area contributed by atoms with Gasteiger partial charge in [0, 0.05) is 24.2 Å². The number of nitrogens with two attached hydrogens (primary N) is 1. The predicted octanol–water partition coefficient (Wildman–Crippen LogP) is 3.72. The number of nitrogens with one attached hydrogen (secondary N) is 1. The number of primary amides is 1. The van der Waals surface area contributed by atoms with Crippen molar-refractivity contribution in [3.05, 3.63) is 76.6 Å². The number of anilines is 1. The first-order chi connectivity index (χ1) is 16.2. The van der Waals surface area contributed by atoms with Crippen LogP contribution in [-0.4, -0.2) is 39.6 Å². The van der Waals surface area contributed by atoms with Gasteiger partial charge >= 0.3 is 0 Å². The van der Waals surface area contributed by atoms with Gasteiger partial charge in [-0.25, -0.2) is 13.5 Å². The van der Waals surface area contributed by atoms with Gasteiger partial charge in [-0.2, -0.15) is 5.10 Å². The summed E-state index contributed by atoms with van der Waals surface area (Å²) in [6.07, 6.45) is 1.51. The van der Waals surface area contributed by atoms with E-state index in [4.69, 9.17) is 5.73 Å². The second-order valence-electron chi connectivity index (χ2n) is 8.66. The second-order valence-corrected chi connectivity index (χ2v) is 8.66. The summed E-state index contributed by atoms with van der Waals surface area (Å²) in [6.45, 7) is 5.63. The zero-order valence-corrected chi connectivity index (χ0v) is 19.1. The van der Waals surface area contributed by atoms with Gasteiger partial charge in [-0.3, -0.25) is 14.5 Å². The van der Waals surface area contributed by atoms with E-state index in [1.54, 1.807) is 19.9 Å². The maximum Gasteiger partial charge on any atom is 0.259 e.